The lowest BCUT2D eigenvalue weighted by Crippen LogP contribution is -2.60. The van der Waals surface area contributed by atoms with Gasteiger partial charge in [-0.2, -0.15) is 11.8 Å². The number of para-hydroxylation sites is 1. The zero-order chi connectivity index (χ0) is 17.9. The lowest BCUT2D eigenvalue weighted by molar-refractivity contribution is -0.117. The summed E-state index contributed by atoms with van der Waals surface area (Å²) in [5.41, 5.74) is 2.17. The molecule has 2 fully saturated rings. The summed E-state index contributed by atoms with van der Waals surface area (Å²) < 4.78 is 0. The largest absolute Gasteiger partial charge is 0.334 e. The summed E-state index contributed by atoms with van der Waals surface area (Å²) in [5, 5.41) is 5.87. The second kappa shape index (κ2) is 7.88. The summed E-state index contributed by atoms with van der Waals surface area (Å²) >= 11 is 1.97. The molecule has 0 spiro atoms. The maximum atomic E-state index is 12.5. The maximum absolute atomic E-state index is 12.5. The molecular formula is C19H26N4O2S. The van der Waals surface area contributed by atoms with E-state index in [-0.39, 0.29) is 24.5 Å². The Morgan fingerprint density at radius 1 is 1.19 bits per heavy atom. The zero-order valence-corrected chi connectivity index (χ0v) is 15.8. The molecule has 3 heterocycles. The second-order valence-corrected chi connectivity index (χ2v) is 8.33. The molecule has 3 aliphatic rings. The number of carbonyl (C=O) groups excluding carboxylic acids is 2. The van der Waals surface area contributed by atoms with Crippen molar-refractivity contribution in [1.82, 2.24) is 15.5 Å². The van der Waals surface area contributed by atoms with Crippen LogP contribution in [-0.2, 0) is 11.2 Å². The van der Waals surface area contributed by atoms with Crippen LogP contribution in [0.3, 0.4) is 0 Å². The zero-order valence-electron chi connectivity index (χ0n) is 14.9. The van der Waals surface area contributed by atoms with Crippen molar-refractivity contribution >= 4 is 29.4 Å². The Bertz CT molecular complexity index is 681. The molecule has 1 aromatic carbocycles. The lowest BCUT2D eigenvalue weighted by Gasteiger charge is -2.44. The highest BCUT2D eigenvalue weighted by Crippen LogP contribution is 2.27. The SMILES string of the molecule is O=C(NCC(=O)N1CCc2ccccc21)NC1CCCN2CCSCC12. The van der Waals surface area contributed by atoms with Crippen molar-refractivity contribution < 1.29 is 9.59 Å². The van der Waals surface area contributed by atoms with Gasteiger partial charge < -0.3 is 15.5 Å². The predicted octanol–water partition coefficient (Wildman–Crippen LogP) is 1.45. The van der Waals surface area contributed by atoms with Gasteiger partial charge in [0, 0.05) is 42.4 Å². The topological polar surface area (TPSA) is 64.7 Å². The number of rotatable bonds is 3. The maximum Gasteiger partial charge on any atom is 0.315 e. The molecular weight excluding hydrogens is 348 g/mol. The first kappa shape index (κ1) is 17.7. The van der Waals surface area contributed by atoms with Crippen LogP contribution in [0.15, 0.2) is 24.3 Å². The second-order valence-electron chi connectivity index (χ2n) is 7.18. The number of hydrogen-bond acceptors (Lipinski definition) is 4. The van der Waals surface area contributed by atoms with E-state index in [1.54, 1.807) is 4.90 Å². The van der Waals surface area contributed by atoms with E-state index in [0.717, 1.165) is 43.8 Å². The van der Waals surface area contributed by atoms with Gasteiger partial charge >= 0.3 is 6.03 Å². The van der Waals surface area contributed by atoms with E-state index in [2.05, 4.69) is 21.6 Å². The molecule has 6 nitrogen and oxygen atoms in total. The van der Waals surface area contributed by atoms with Gasteiger partial charge in [-0.1, -0.05) is 18.2 Å². The molecule has 2 unspecified atom stereocenters. The van der Waals surface area contributed by atoms with E-state index in [0.29, 0.717) is 12.6 Å². The van der Waals surface area contributed by atoms with Crippen molar-refractivity contribution in [1.29, 1.82) is 0 Å². The number of carbonyl (C=O) groups is 2. The molecule has 3 aliphatic heterocycles. The number of amides is 3. The first-order chi connectivity index (χ1) is 12.7. The first-order valence-electron chi connectivity index (χ1n) is 9.47. The Balaban J connectivity index is 1.28. The minimum atomic E-state index is -0.228. The summed E-state index contributed by atoms with van der Waals surface area (Å²) in [6.07, 6.45) is 3.02. The number of hydrogen-bond donors (Lipinski definition) is 2. The minimum Gasteiger partial charge on any atom is -0.334 e. The Morgan fingerprint density at radius 2 is 2.08 bits per heavy atom. The van der Waals surface area contributed by atoms with Gasteiger partial charge in [0.2, 0.25) is 5.91 Å². The van der Waals surface area contributed by atoms with E-state index in [1.807, 2.05) is 30.0 Å². The number of nitrogens with zero attached hydrogens (tertiary/aromatic N) is 2. The van der Waals surface area contributed by atoms with Crippen molar-refractivity contribution in [2.45, 2.75) is 31.3 Å². The Hall–Kier alpha value is -1.73. The van der Waals surface area contributed by atoms with Crippen molar-refractivity contribution in [2.75, 3.05) is 42.6 Å². The van der Waals surface area contributed by atoms with Gasteiger partial charge in [0.1, 0.15) is 0 Å². The van der Waals surface area contributed by atoms with Gasteiger partial charge in [-0.25, -0.2) is 4.79 Å². The van der Waals surface area contributed by atoms with Crippen LogP contribution >= 0.6 is 11.8 Å². The van der Waals surface area contributed by atoms with Crippen molar-refractivity contribution in [3.63, 3.8) is 0 Å². The van der Waals surface area contributed by atoms with Gasteiger partial charge in [0.25, 0.3) is 0 Å². The summed E-state index contributed by atoms with van der Waals surface area (Å²) in [6, 6.07) is 8.34. The number of fused-ring (bicyclic) bond motifs is 2. The quantitative estimate of drug-likeness (QED) is 0.841. The third-order valence-corrected chi connectivity index (χ3v) is 6.66. The molecule has 7 heteroatoms. The van der Waals surface area contributed by atoms with Gasteiger partial charge in [-0.3, -0.25) is 9.69 Å². The summed E-state index contributed by atoms with van der Waals surface area (Å²) in [4.78, 5) is 29.1. The molecule has 26 heavy (non-hydrogen) atoms. The van der Waals surface area contributed by atoms with Crippen LogP contribution in [-0.4, -0.2) is 66.6 Å². The fourth-order valence-electron chi connectivity index (χ4n) is 4.25. The van der Waals surface area contributed by atoms with Gasteiger partial charge in [0.15, 0.2) is 0 Å². The van der Waals surface area contributed by atoms with Crippen molar-refractivity contribution in [3.05, 3.63) is 29.8 Å². The number of benzene rings is 1. The molecule has 1 aromatic rings. The van der Waals surface area contributed by atoms with Crippen LogP contribution in [0.25, 0.3) is 0 Å². The third kappa shape index (κ3) is 3.69. The van der Waals surface area contributed by atoms with Crippen LogP contribution in [0, 0.1) is 0 Å². The smallest absolute Gasteiger partial charge is 0.315 e. The van der Waals surface area contributed by atoms with Crippen LogP contribution in [0.2, 0.25) is 0 Å². The number of anilines is 1. The number of urea groups is 1. The number of thioether (sulfide) groups is 1. The minimum absolute atomic E-state index is 0.0377. The molecule has 0 bridgehead atoms. The molecule has 0 saturated carbocycles. The molecule has 4 rings (SSSR count). The molecule has 2 saturated heterocycles. The molecule has 0 radical (unpaired) electrons. The highest BCUT2D eigenvalue weighted by molar-refractivity contribution is 7.99. The Labute approximate surface area is 158 Å². The van der Waals surface area contributed by atoms with Gasteiger partial charge in [-0.05, 0) is 37.4 Å². The summed E-state index contributed by atoms with van der Waals surface area (Å²) in [6.45, 7) is 2.98. The average molecular weight is 375 g/mol. The van der Waals surface area contributed by atoms with Crippen LogP contribution in [0.4, 0.5) is 10.5 Å². The van der Waals surface area contributed by atoms with E-state index >= 15 is 0 Å². The summed E-state index contributed by atoms with van der Waals surface area (Å²) in [5.74, 6) is 2.21. The lowest BCUT2D eigenvalue weighted by atomic mass is 9.97. The standard InChI is InChI=1S/C19H26N4O2S/c24-18(23-9-7-14-4-1-2-6-16(14)23)12-20-19(25)21-15-5-3-8-22-10-11-26-13-17(15)22/h1-2,4,6,15,17H,3,5,7-13H2,(H2,20,21,25). The Morgan fingerprint density at radius 3 is 3.00 bits per heavy atom. The number of piperidine rings is 1. The Kier molecular flexibility index (Phi) is 5.36. The van der Waals surface area contributed by atoms with E-state index < -0.39 is 0 Å². The number of nitrogens with one attached hydrogen (secondary N) is 2. The molecule has 140 valence electrons. The van der Waals surface area contributed by atoms with Crippen LogP contribution in [0.5, 0.6) is 0 Å². The highest BCUT2D eigenvalue weighted by atomic mass is 32.2. The fraction of sp³-hybridized carbons (Fsp3) is 0.579. The molecule has 0 aliphatic carbocycles. The first-order valence-corrected chi connectivity index (χ1v) is 10.6. The van der Waals surface area contributed by atoms with Gasteiger partial charge in [-0.15, -0.1) is 0 Å². The third-order valence-electron chi connectivity index (χ3n) is 5.61. The van der Waals surface area contributed by atoms with E-state index in [4.69, 9.17) is 0 Å². The van der Waals surface area contributed by atoms with E-state index in [9.17, 15) is 9.59 Å². The van der Waals surface area contributed by atoms with Crippen LogP contribution in [0.1, 0.15) is 18.4 Å². The van der Waals surface area contributed by atoms with Crippen molar-refractivity contribution in [2.24, 2.45) is 0 Å². The molecule has 2 atom stereocenters. The molecule has 0 aromatic heterocycles. The highest BCUT2D eigenvalue weighted by Gasteiger charge is 2.34. The summed E-state index contributed by atoms with van der Waals surface area (Å²) in [7, 11) is 0. The normalized spacial score (nSPS) is 25.3. The fourth-order valence-corrected chi connectivity index (χ4v) is 5.46. The van der Waals surface area contributed by atoms with Gasteiger partial charge in [0.05, 0.1) is 6.54 Å². The van der Waals surface area contributed by atoms with Crippen LogP contribution < -0.4 is 15.5 Å². The monoisotopic (exact) mass is 374 g/mol. The molecule has 2 N–H and O–H groups in total. The average Bonchev–Trinajstić information content (AvgIpc) is 3.11. The predicted molar refractivity (Wildman–Crippen MR) is 105 cm³/mol. The van der Waals surface area contributed by atoms with Crippen molar-refractivity contribution in [3.8, 4) is 0 Å². The molecule has 3 amide bonds. The van der Waals surface area contributed by atoms with E-state index in [1.165, 1.54) is 11.3 Å².